The van der Waals surface area contributed by atoms with Gasteiger partial charge in [-0.25, -0.2) is 0 Å². The van der Waals surface area contributed by atoms with Crippen molar-refractivity contribution >= 4 is 10.8 Å². The molecule has 12 heavy (non-hydrogen) atoms. The summed E-state index contributed by atoms with van der Waals surface area (Å²) in [4.78, 5) is 0. The Labute approximate surface area is 85.1 Å². The van der Waals surface area contributed by atoms with Crippen molar-refractivity contribution in [2.45, 2.75) is 13.8 Å². The summed E-state index contributed by atoms with van der Waals surface area (Å²) in [6, 6.07) is 10.8. The SMILES string of the molecule is Cc1cccc2c1cc[c-]2C.[Li+]. The summed E-state index contributed by atoms with van der Waals surface area (Å²) in [6.45, 7) is 4.31. The first-order valence-electron chi connectivity index (χ1n) is 3.90. The minimum absolute atomic E-state index is 0. The Morgan fingerprint density at radius 3 is 2.58 bits per heavy atom. The van der Waals surface area contributed by atoms with Crippen molar-refractivity contribution in [3.05, 3.63) is 41.5 Å². The van der Waals surface area contributed by atoms with Crippen molar-refractivity contribution < 1.29 is 18.9 Å². The summed E-state index contributed by atoms with van der Waals surface area (Å²) in [5.74, 6) is 0. The Hall–Kier alpha value is -0.573. The Morgan fingerprint density at radius 1 is 1.17 bits per heavy atom. The van der Waals surface area contributed by atoms with Crippen molar-refractivity contribution in [1.29, 1.82) is 0 Å². The van der Waals surface area contributed by atoms with E-state index in [1.807, 2.05) is 0 Å². The van der Waals surface area contributed by atoms with E-state index >= 15 is 0 Å². The van der Waals surface area contributed by atoms with Crippen LogP contribution >= 0.6 is 0 Å². The number of fused-ring (bicyclic) bond motifs is 1. The molecule has 0 unspecified atom stereocenters. The van der Waals surface area contributed by atoms with Crippen LogP contribution < -0.4 is 18.9 Å². The van der Waals surface area contributed by atoms with Gasteiger partial charge in [0.15, 0.2) is 0 Å². The monoisotopic (exact) mass is 150 g/mol. The van der Waals surface area contributed by atoms with Gasteiger partial charge in [-0.1, -0.05) is 18.6 Å². The zero-order valence-electron chi connectivity index (χ0n) is 7.89. The first kappa shape index (κ1) is 9.51. The van der Waals surface area contributed by atoms with E-state index in [1.165, 1.54) is 21.9 Å². The Bertz CT molecular complexity index is 385. The number of rotatable bonds is 0. The predicted octanol–water partition coefficient (Wildman–Crippen LogP) is 0.180. The molecule has 2 aromatic carbocycles. The minimum Gasteiger partial charge on any atom is -0.168 e. The van der Waals surface area contributed by atoms with Gasteiger partial charge in [-0.3, -0.25) is 0 Å². The zero-order valence-corrected chi connectivity index (χ0v) is 7.89. The van der Waals surface area contributed by atoms with Crippen molar-refractivity contribution in [2.75, 3.05) is 0 Å². The van der Waals surface area contributed by atoms with Gasteiger partial charge < -0.3 is 0 Å². The maximum absolute atomic E-state index is 2.19. The summed E-state index contributed by atoms with van der Waals surface area (Å²) in [6.07, 6.45) is 0. The van der Waals surface area contributed by atoms with Crippen LogP contribution in [0.4, 0.5) is 0 Å². The number of benzene rings is 1. The van der Waals surface area contributed by atoms with E-state index in [0.717, 1.165) is 0 Å². The second-order valence-corrected chi connectivity index (χ2v) is 3.05. The van der Waals surface area contributed by atoms with E-state index in [0.29, 0.717) is 0 Å². The van der Waals surface area contributed by atoms with Crippen LogP contribution in [0.15, 0.2) is 30.3 Å². The standard InChI is InChI=1S/C11H11.Li/c1-8-4-3-5-10-9(2)6-7-11(8)10;/h3-7H,1-2H3;/q-1;+1. The number of aryl methyl sites for hydroxylation is 2. The fourth-order valence-electron chi connectivity index (χ4n) is 1.54. The molecule has 0 amide bonds. The molecule has 1 heteroatoms. The normalized spacial score (nSPS) is 9.83. The molecule has 0 saturated heterocycles. The Morgan fingerprint density at radius 2 is 1.92 bits per heavy atom. The van der Waals surface area contributed by atoms with Gasteiger partial charge >= 0.3 is 18.9 Å². The molecule has 0 fully saturated rings. The largest absolute Gasteiger partial charge is 1.00 e. The topological polar surface area (TPSA) is 0 Å². The van der Waals surface area contributed by atoms with Gasteiger partial charge in [-0.2, -0.15) is 12.1 Å². The molecular weight excluding hydrogens is 139 g/mol. The average Bonchev–Trinajstić information content (AvgIpc) is 2.35. The molecule has 0 aliphatic heterocycles. The van der Waals surface area contributed by atoms with Crippen LogP contribution in [0.3, 0.4) is 0 Å². The van der Waals surface area contributed by atoms with Crippen LogP contribution in [-0.2, 0) is 0 Å². The molecule has 56 valence electrons. The fourth-order valence-corrected chi connectivity index (χ4v) is 1.54. The quantitative estimate of drug-likeness (QED) is 0.371. The van der Waals surface area contributed by atoms with Crippen LogP contribution in [-0.4, -0.2) is 0 Å². The van der Waals surface area contributed by atoms with Gasteiger partial charge in [0.2, 0.25) is 0 Å². The van der Waals surface area contributed by atoms with E-state index in [1.54, 1.807) is 0 Å². The van der Waals surface area contributed by atoms with E-state index < -0.39 is 0 Å². The zero-order chi connectivity index (χ0) is 7.84. The molecule has 0 saturated carbocycles. The smallest absolute Gasteiger partial charge is 0.168 e. The third kappa shape index (κ3) is 1.33. The van der Waals surface area contributed by atoms with Gasteiger partial charge in [0, 0.05) is 0 Å². The molecule has 0 nitrogen and oxygen atoms in total. The third-order valence-corrected chi connectivity index (χ3v) is 2.25. The molecule has 2 aromatic rings. The molecule has 0 heterocycles. The van der Waals surface area contributed by atoms with E-state index in [9.17, 15) is 0 Å². The van der Waals surface area contributed by atoms with E-state index in [4.69, 9.17) is 0 Å². The van der Waals surface area contributed by atoms with Crippen molar-refractivity contribution in [3.8, 4) is 0 Å². The summed E-state index contributed by atoms with van der Waals surface area (Å²) in [7, 11) is 0. The predicted molar refractivity (Wildman–Crippen MR) is 49.0 cm³/mol. The maximum atomic E-state index is 2.19. The van der Waals surface area contributed by atoms with Crippen LogP contribution in [0.2, 0.25) is 0 Å². The third-order valence-electron chi connectivity index (χ3n) is 2.25. The number of hydrogen-bond donors (Lipinski definition) is 0. The van der Waals surface area contributed by atoms with Crippen LogP contribution in [0, 0.1) is 13.8 Å². The second-order valence-electron chi connectivity index (χ2n) is 3.05. The molecule has 0 aliphatic rings. The molecule has 2 rings (SSSR count). The first-order chi connectivity index (χ1) is 5.29. The Kier molecular flexibility index (Phi) is 2.72. The second kappa shape index (κ2) is 3.43. The minimum atomic E-state index is 0. The molecule has 0 bridgehead atoms. The molecule has 0 radical (unpaired) electrons. The average molecular weight is 150 g/mol. The fraction of sp³-hybridized carbons (Fsp3) is 0.182. The summed E-state index contributed by atoms with van der Waals surface area (Å²) in [5, 5.41) is 2.79. The van der Waals surface area contributed by atoms with Crippen molar-refractivity contribution in [1.82, 2.24) is 0 Å². The molecular formula is C11H11Li. The summed E-state index contributed by atoms with van der Waals surface area (Å²) in [5.41, 5.74) is 2.75. The summed E-state index contributed by atoms with van der Waals surface area (Å²) < 4.78 is 0. The van der Waals surface area contributed by atoms with Gasteiger partial charge in [0.05, 0.1) is 0 Å². The van der Waals surface area contributed by atoms with Crippen LogP contribution in [0.25, 0.3) is 10.8 Å². The van der Waals surface area contributed by atoms with E-state index in [2.05, 4.69) is 44.2 Å². The van der Waals surface area contributed by atoms with E-state index in [-0.39, 0.29) is 18.9 Å². The molecule has 0 aromatic heterocycles. The summed E-state index contributed by atoms with van der Waals surface area (Å²) >= 11 is 0. The van der Waals surface area contributed by atoms with Crippen LogP contribution in [0.5, 0.6) is 0 Å². The maximum Gasteiger partial charge on any atom is 1.00 e. The van der Waals surface area contributed by atoms with Gasteiger partial charge in [-0.05, 0) is 6.92 Å². The molecule has 0 spiro atoms. The van der Waals surface area contributed by atoms with Gasteiger partial charge in [-0.15, -0.1) is 28.5 Å². The Balaban J connectivity index is 0.000000720. The molecule has 0 atom stereocenters. The van der Waals surface area contributed by atoms with Crippen molar-refractivity contribution in [3.63, 3.8) is 0 Å². The van der Waals surface area contributed by atoms with Gasteiger partial charge in [0.1, 0.15) is 0 Å². The van der Waals surface area contributed by atoms with Crippen LogP contribution in [0.1, 0.15) is 11.1 Å². The van der Waals surface area contributed by atoms with Crippen molar-refractivity contribution in [2.24, 2.45) is 0 Å². The molecule has 0 N–H and O–H groups in total. The van der Waals surface area contributed by atoms with Gasteiger partial charge in [0.25, 0.3) is 0 Å². The molecule has 0 aliphatic carbocycles. The first-order valence-corrected chi connectivity index (χ1v) is 3.90. The number of hydrogen-bond acceptors (Lipinski definition) is 0.